The number of pyridine rings is 1. The number of carboxylic acid groups (broad SMARTS) is 1. The molecule has 0 aliphatic rings. The number of non-ortho nitro benzene ring substituents is 1. The number of carbonyl (C=O) groups excluding carboxylic acids is 1. The van der Waals surface area contributed by atoms with Gasteiger partial charge in [-0.3, -0.25) is 10.1 Å². The average Bonchev–Trinajstić information content (AvgIpc) is 3.03. The summed E-state index contributed by atoms with van der Waals surface area (Å²) >= 11 is 6.13. The number of imidazole rings is 1. The summed E-state index contributed by atoms with van der Waals surface area (Å²) in [6.07, 6.45) is 0.580. The molecule has 0 spiro atoms. The standard InChI is InChI=1S/C21H21ClN4O6/c1-21(2,3)32-20(29)23-15(19(27)28)10-16-18(12-4-7-14(8-5-12)26(30)31)24-17-9-6-13(22)11-25(16)17/h4-9,11,15H,10H2,1-3H3,(H,23,29)(H,27,28). The summed E-state index contributed by atoms with van der Waals surface area (Å²) in [6, 6.07) is 7.72. The number of halogens is 1. The van der Waals surface area contributed by atoms with Crippen LogP contribution in [-0.4, -0.2) is 43.1 Å². The van der Waals surface area contributed by atoms with Gasteiger partial charge in [0.1, 0.15) is 17.3 Å². The molecule has 1 unspecified atom stereocenters. The third-order valence-electron chi connectivity index (χ3n) is 4.42. The van der Waals surface area contributed by atoms with E-state index in [2.05, 4.69) is 10.3 Å². The highest BCUT2D eigenvalue weighted by atomic mass is 35.5. The smallest absolute Gasteiger partial charge is 0.408 e. The van der Waals surface area contributed by atoms with Gasteiger partial charge in [0.2, 0.25) is 0 Å². The first-order chi connectivity index (χ1) is 14.9. The van der Waals surface area contributed by atoms with E-state index in [1.54, 1.807) is 43.5 Å². The summed E-state index contributed by atoms with van der Waals surface area (Å²) in [5.41, 5.74) is 1.04. The fraction of sp³-hybridized carbons (Fsp3) is 0.286. The number of alkyl carbamates (subject to hydrolysis) is 1. The fourth-order valence-corrected chi connectivity index (χ4v) is 3.24. The summed E-state index contributed by atoms with van der Waals surface area (Å²) in [4.78, 5) is 39.1. The monoisotopic (exact) mass is 460 g/mol. The van der Waals surface area contributed by atoms with Gasteiger partial charge >= 0.3 is 12.1 Å². The zero-order valence-corrected chi connectivity index (χ0v) is 18.3. The molecule has 2 aromatic heterocycles. The van der Waals surface area contributed by atoms with Gasteiger partial charge in [-0.15, -0.1) is 0 Å². The van der Waals surface area contributed by atoms with E-state index in [1.807, 2.05) is 0 Å². The van der Waals surface area contributed by atoms with E-state index in [-0.39, 0.29) is 12.1 Å². The Labute approximate surface area is 187 Å². The van der Waals surface area contributed by atoms with Crippen LogP contribution < -0.4 is 5.32 Å². The van der Waals surface area contributed by atoms with Crippen LogP contribution in [0.4, 0.5) is 10.5 Å². The molecule has 1 aromatic carbocycles. The van der Waals surface area contributed by atoms with E-state index in [0.29, 0.717) is 27.6 Å². The molecule has 11 heteroatoms. The maximum absolute atomic E-state index is 12.2. The van der Waals surface area contributed by atoms with Crippen LogP contribution in [0.5, 0.6) is 0 Å². The van der Waals surface area contributed by atoms with Gasteiger partial charge in [-0.05, 0) is 45.0 Å². The first kappa shape index (κ1) is 23.0. The predicted octanol–water partition coefficient (Wildman–Crippen LogP) is 4.08. The van der Waals surface area contributed by atoms with Crippen LogP contribution in [0.3, 0.4) is 0 Å². The fourth-order valence-electron chi connectivity index (χ4n) is 3.08. The maximum Gasteiger partial charge on any atom is 0.408 e. The molecule has 168 valence electrons. The van der Waals surface area contributed by atoms with Crippen molar-refractivity contribution in [1.82, 2.24) is 14.7 Å². The van der Waals surface area contributed by atoms with E-state index in [4.69, 9.17) is 16.3 Å². The second kappa shape index (κ2) is 8.83. The molecule has 0 radical (unpaired) electrons. The zero-order chi connectivity index (χ0) is 23.6. The van der Waals surface area contributed by atoms with Crippen LogP contribution in [0.1, 0.15) is 26.5 Å². The van der Waals surface area contributed by atoms with E-state index in [0.717, 1.165) is 0 Å². The summed E-state index contributed by atoms with van der Waals surface area (Å²) < 4.78 is 6.80. The molecule has 1 amide bonds. The molecular formula is C21H21ClN4O6. The van der Waals surface area contributed by atoms with Crippen molar-refractivity contribution in [1.29, 1.82) is 0 Å². The Kier molecular flexibility index (Phi) is 6.35. The summed E-state index contributed by atoms with van der Waals surface area (Å²) in [6.45, 7) is 5.00. The average molecular weight is 461 g/mol. The number of rotatable bonds is 6. The van der Waals surface area contributed by atoms with Gasteiger partial charge in [0.05, 0.1) is 21.3 Å². The molecule has 0 saturated heterocycles. The molecule has 2 N–H and O–H groups in total. The summed E-state index contributed by atoms with van der Waals surface area (Å²) in [5, 5.41) is 23.4. The third-order valence-corrected chi connectivity index (χ3v) is 4.64. The molecule has 32 heavy (non-hydrogen) atoms. The molecule has 0 aliphatic heterocycles. The number of nitro benzene ring substituents is 1. The first-order valence-corrected chi connectivity index (χ1v) is 9.96. The van der Waals surface area contributed by atoms with E-state index < -0.39 is 28.6 Å². The van der Waals surface area contributed by atoms with E-state index >= 15 is 0 Å². The summed E-state index contributed by atoms with van der Waals surface area (Å²) in [5.74, 6) is -1.26. The van der Waals surface area contributed by atoms with Gasteiger partial charge in [0, 0.05) is 30.3 Å². The number of nitro groups is 1. The highest BCUT2D eigenvalue weighted by Crippen LogP contribution is 2.28. The van der Waals surface area contributed by atoms with Gasteiger partial charge in [0.15, 0.2) is 0 Å². The highest BCUT2D eigenvalue weighted by molar-refractivity contribution is 6.30. The Morgan fingerprint density at radius 3 is 2.47 bits per heavy atom. The van der Waals surface area contributed by atoms with Crippen molar-refractivity contribution in [2.75, 3.05) is 0 Å². The summed E-state index contributed by atoms with van der Waals surface area (Å²) in [7, 11) is 0. The van der Waals surface area contributed by atoms with Gasteiger partial charge in [-0.2, -0.15) is 0 Å². The van der Waals surface area contributed by atoms with E-state index in [9.17, 15) is 24.8 Å². The Hall–Kier alpha value is -3.66. The molecule has 3 aromatic rings. The molecule has 10 nitrogen and oxygen atoms in total. The van der Waals surface area contributed by atoms with Crippen LogP contribution in [0.2, 0.25) is 5.02 Å². The Morgan fingerprint density at radius 2 is 1.91 bits per heavy atom. The van der Waals surface area contributed by atoms with Crippen LogP contribution in [0, 0.1) is 10.1 Å². The lowest BCUT2D eigenvalue weighted by molar-refractivity contribution is -0.384. The van der Waals surface area contributed by atoms with Gasteiger partial charge in [-0.25, -0.2) is 14.6 Å². The lowest BCUT2D eigenvalue weighted by Crippen LogP contribution is -2.44. The topological polar surface area (TPSA) is 136 Å². The zero-order valence-electron chi connectivity index (χ0n) is 17.5. The minimum Gasteiger partial charge on any atom is -0.480 e. The van der Waals surface area contributed by atoms with Crippen molar-refractivity contribution in [3.63, 3.8) is 0 Å². The highest BCUT2D eigenvalue weighted by Gasteiger charge is 2.27. The number of amides is 1. The minimum absolute atomic E-state index is 0.0860. The minimum atomic E-state index is -1.32. The molecule has 3 rings (SSSR count). The number of nitrogens with zero attached hydrogens (tertiary/aromatic N) is 3. The number of carbonyl (C=O) groups is 2. The Balaban J connectivity index is 2.03. The molecule has 1 atom stereocenters. The van der Waals surface area contributed by atoms with Crippen molar-refractivity contribution >= 4 is 35.0 Å². The Bertz CT molecular complexity index is 1180. The van der Waals surface area contributed by atoms with Crippen molar-refractivity contribution in [3.05, 3.63) is 63.4 Å². The number of benzene rings is 1. The van der Waals surface area contributed by atoms with E-state index in [1.165, 1.54) is 24.3 Å². The predicted molar refractivity (Wildman–Crippen MR) is 117 cm³/mol. The normalized spacial score (nSPS) is 12.4. The number of aliphatic carboxylic acids is 1. The number of fused-ring (bicyclic) bond motifs is 1. The van der Waals surface area contributed by atoms with Crippen molar-refractivity contribution < 1.29 is 24.4 Å². The van der Waals surface area contributed by atoms with Gasteiger partial charge in [0.25, 0.3) is 5.69 Å². The van der Waals surface area contributed by atoms with Gasteiger partial charge in [-0.1, -0.05) is 11.6 Å². The second-order valence-corrected chi connectivity index (χ2v) is 8.46. The maximum atomic E-state index is 12.2. The molecule has 0 fully saturated rings. The van der Waals surface area contributed by atoms with Crippen molar-refractivity contribution in [3.8, 4) is 11.3 Å². The number of hydrogen-bond acceptors (Lipinski definition) is 6. The number of nitrogens with one attached hydrogen (secondary N) is 1. The number of ether oxygens (including phenoxy) is 1. The molecule has 0 saturated carbocycles. The molecule has 0 bridgehead atoms. The first-order valence-electron chi connectivity index (χ1n) is 9.58. The van der Waals surface area contributed by atoms with Crippen LogP contribution in [0.15, 0.2) is 42.6 Å². The lowest BCUT2D eigenvalue weighted by Gasteiger charge is -2.22. The quantitative estimate of drug-likeness (QED) is 0.417. The molecular weight excluding hydrogens is 440 g/mol. The van der Waals surface area contributed by atoms with Crippen molar-refractivity contribution in [2.24, 2.45) is 0 Å². The number of aromatic nitrogens is 2. The largest absolute Gasteiger partial charge is 0.480 e. The SMILES string of the molecule is CC(C)(C)OC(=O)NC(Cc1c(-c2ccc([N+](=O)[O-])cc2)nc2ccc(Cl)cn12)C(=O)O. The molecule has 2 heterocycles. The van der Waals surface area contributed by atoms with Crippen LogP contribution in [-0.2, 0) is 16.0 Å². The van der Waals surface area contributed by atoms with Gasteiger partial charge < -0.3 is 19.6 Å². The number of hydrogen-bond donors (Lipinski definition) is 2. The number of carboxylic acids is 1. The van der Waals surface area contributed by atoms with Crippen LogP contribution in [0.25, 0.3) is 16.9 Å². The Morgan fingerprint density at radius 1 is 1.25 bits per heavy atom. The van der Waals surface area contributed by atoms with Crippen LogP contribution >= 0.6 is 11.6 Å². The molecule has 0 aliphatic carbocycles. The lowest BCUT2D eigenvalue weighted by atomic mass is 10.0. The van der Waals surface area contributed by atoms with Crippen molar-refractivity contribution in [2.45, 2.75) is 38.8 Å². The second-order valence-electron chi connectivity index (χ2n) is 8.03. The third kappa shape index (κ3) is 5.33.